The number of nitrogens with one attached hydrogen (secondary N) is 2. The van der Waals surface area contributed by atoms with Crippen molar-refractivity contribution >= 4 is 23.1 Å². The van der Waals surface area contributed by atoms with Crippen LogP contribution in [0.5, 0.6) is 0 Å². The molecule has 0 aliphatic carbocycles. The first-order chi connectivity index (χ1) is 11.4. The maximum Gasteiger partial charge on any atom is 0.407 e. The number of carbonyl (C=O) groups is 1. The van der Waals surface area contributed by atoms with Crippen LogP contribution >= 0.6 is 0 Å². The molecule has 1 fully saturated rings. The fraction of sp³-hybridized carbons (Fsp3) is 0.625. The van der Waals surface area contributed by atoms with E-state index in [4.69, 9.17) is 4.74 Å². The molecular weight excluding hydrogens is 308 g/mol. The van der Waals surface area contributed by atoms with Gasteiger partial charge in [0.25, 0.3) is 0 Å². The number of anilines is 1. The van der Waals surface area contributed by atoms with Crippen LogP contribution in [-0.4, -0.2) is 51.3 Å². The molecule has 0 unspecified atom stereocenters. The highest BCUT2D eigenvalue weighted by molar-refractivity contribution is 5.82. The van der Waals surface area contributed by atoms with Gasteiger partial charge < -0.3 is 19.9 Å². The Morgan fingerprint density at radius 1 is 1.38 bits per heavy atom. The van der Waals surface area contributed by atoms with Gasteiger partial charge >= 0.3 is 6.09 Å². The van der Waals surface area contributed by atoms with E-state index in [1.165, 1.54) is 0 Å². The number of alkyl carbamates (subject to hydrolysis) is 1. The summed E-state index contributed by atoms with van der Waals surface area (Å²) in [5.41, 5.74) is 1.10. The first kappa shape index (κ1) is 16.5. The van der Waals surface area contributed by atoms with Crippen LogP contribution in [0.4, 0.5) is 10.6 Å². The van der Waals surface area contributed by atoms with E-state index in [1.807, 2.05) is 20.8 Å². The monoisotopic (exact) mass is 336 g/mol. The van der Waals surface area contributed by atoms with Gasteiger partial charge in [-0.15, -0.1) is 0 Å². The van der Waals surface area contributed by atoms with Crippen molar-refractivity contribution in [2.75, 3.05) is 24.5 Å². The first-order valence-electron chi connectivity index (χ1n) is 8.28. The Bertz CT molecular complexity index is 710. The van der Waals surface area contributed by atoms with Crippen LogP contribution in [0.2, 0.25) is 0 Å². The van der Waals surface area contributed by atoms with Gasteiger partial charge in [0.15, 0.2) is 11.5 Å². The topological polar surface area (TPSA) is 96.0 Å². The van der Waals surface area contributed by atoms with Gasteiger partial charge in [0.05, 0.1) is 6.33 Å². The van der Waals surface area contributed by atoms with Gasteiger partial charge in [-0.25, -0.2) is 19.7 Å². The maximum atomic E-state index is 11.7. The minimum absolute atomic E-state index is 0. The van der Waals surface area contributed by atoms with Crippen molar-refractivity contribution < 1.29 is 12.4 Å². The second kappa shape index (κ2) is 6.62. The van der Waals surface area contributed by atoms with Crippen molar-refractivity contribution in [1.82, 2.24) is 25.3 Å². The molecule has 8 heteroatoms. The number of nitrogens with zero attached hydrogens (tertiary/aromatic N) is 4. The van der Waals surface area contributed by atoms with E-state index in [9.17, 15) is 4.79 Å². The summed E-state index contributed by atoms with van der Waals surface area (Å²) >= 11 is 0. The zero-order chi connectivity index (χ0) is 17.2. The number of aromatic amines is 1. The van der Waals surface area contributed by atoms with Gasteiger partial charge in [-0.1, -0.05) is 0 Å². The molecule has 2 aromatic rings. The van der Waals surface area contributed by atoms with Gasteiger partial charge in [0, 0.05) is 22.5 Å². The molecule has 2 N–H and O–H groups in total. The standard InChI is InChI=1S/C16H24N6O2.2H2/c1-16(2,3)24-15(23)17-8-11-4-6-22(7-5-11)14-12-13(19-9-18-12)20-10-21-14;;/h9-11H,4-8H2,1-3H3,(H,17,23)(H,18,19,20,21);2*1H. The van der Waals surface area contributed by atoms with Crippen LogP contribution in [0.25, 0.3) is 11.2 Å². The summed E-state index contributed by atoms with van der Waals surface area (Å²) in [7, 11) is 0. The third-order valence-electron chi connectivity index (χ3n) is 4.05. The number of aromatic nitrogens is 4. The Kier molecular flexibility index (Phi) is 4.55. The predicted molar refractivity (Wildman–Crippen MR) is 95.1 cm³/mol. The average molecular weight is 336 g/mol. The van der Waals surface area contributed by atoms with Crippen molar-refractivity contribution in [3.63, 3.8) is 0 Å². The van der Waals surface area contributed by atoms with Crippen molar-refractivity contribution in [3.05, 3.63) is 12.7 Å². The lowest BCUT2D eigenvalue weighted by Crippen LogP contribution is -2.40. The lowest BCUT2D eigenvalue weighted by Gasteiger charge is -2.33. The van der Waals surface area contributed by atoms with Crippen LogP contribution in [0, 0.1) is 5.92 Å². The molecule has 0 aromatic carbocycles. The molecule has 1 aliphatic rings. The molecule has 2 aromatic heterocycles. The van der Waals surface area contributed by atoms with Gasteiger partial charge in [0.2, 0.25) is 0 Å². The Balaban J connectivity index is 0.00000169. The normalized spacial score (nSPS) is 16.4. The Hall–Kier alpha value is -2.38. The van der Waals surface area contributed by atoms with Gasteiger partial charge in [-0.2, -0.15) is 0 Å². The van der Waals surface area contributed by atoms with Crippen LogP contribution in [0.1, 0.15) is 36.5 Å². The summed E-state index contributed by atoms with van der Waals surface area (Å²) < 4.78 is 5.27. The van der Waals surface area contributed by atoms with Gasteiger partial charge in [0.1, 0.15) is 17.4 Å². The number of carbonyl (C=O) groups excluding carboxylic acids is 1. The zero-order valence-electron chi connectivity index (χ0n) is 14.4. The highest BCUT2D eigenvalue weighted by Crippen LogP contribution is 2.25. The second-order valence-electron chi connectivity index (χ2n) is 7.11. The number of hydrogen-bond acceptors (Lipinski definition) is 6. The van der Waals surface area contributed by atoms with E-state index in [0.717, 1.165) is 37.3 Å². The molecule has 0 radical (unpaired) electrons. The number of fused-ring (bicyclic) bond motifs is 1. The lowest BCUT2D eigenvalue weighted by atomic mass is 9.97. The number of imidazole rings is 1. The molecule has 8 nitrogen and oxygen atoms in total. The second-order valence-corrected chi connectivity index (χ2v) is 7.11. The fourth-order valence-corrected chi connectivity index (χ4v) is 2.88. The van der Waals surface area contributed by atoms with Gasteiger partial charge in [-0.05, 0) is 39.5 Å². The van der Waals surface area contributed by atoms with Crippen LogP contribution in [-0.2, 0) is 4.74 Å². The van der Waals surface area contributed by atoms with Crippen LogP contribution in [0.15, 0.2) is 12.7 Å². The van der Waals surface area contributed by atoms with Crippen molar-refractivity contribution in [3.8, 4) is 0 Å². The van der Waals surface area contributed by atoms with Crippen molar-refractivity contribution in [2.45, 2.75) is 39.2 Å². The molecule has 0 bridgehead atoms. The number of hydrogen-bond donors (Lipinski definition) is 2. The number of H-pyrrole nitrogens is 1. The van der Waals surface area contributed by atoms with E-state index in [1.54, 1.807) is 12.7 Å². The van der Waals surface area contributed by atoms with E-state index >= 15 is 0 Å². The molecular formula is C16H28N6O2. The minimum atomic E-state index is -0.462. The quantitative estimate of drug-likeness (QED) is 0.894. The Labute approximate surface area is 144 Å². The van der Waals surface area contributed by atoms with Crippen molar-refractivity contribution in [1.29, 1.82) is 0 Å². The molecule has 1 amide bonds. The highest BCUT2D eigenvalue weighted by Gasteiger charge is 2.23. The number of rotatable bonds is 3. The first-order valence-corrected chi connectivity index (χ1v) is 8.28. The summed E-state index contributed by atoms with van der Waals surface area (Å²) in [4.78, 5) is 29.8. The highest BCUT2D eigenvalue weighted by atomic mass is 16.6. The molecule has 1 saturated heterocycles. The molecule has 134 valence electrons. The largest absolute Gasteiger partial charge is 0.444 e. The molecule has 0 spiro atoms. The Morgan fingerprint density at radius 3 is 2.83 bits per heavy atom. The van der Waals surface area contributed by atoms with E-state index in [0.29, 0.717) is 18.1 Å². The van der Waals surface area contributed by atoms with Gasteiger partial charge in [-0.3, -0.25) is 0 Å². The van der Waals surface area contributed by atoms with E-state index in [-0.39, 0.29) is 8.95 Å². The molecule has 1 aliphatic heterocycles. The fourth-order valence-electron chi connectivity index (χ4n) is 2.88. The number of ether oxygens (including phenoxy) is 1. The lowest BCUT2D eigenvalue weighted by molar-refractivity contribution is 0.0517. The predicted octanol–water partition coefficient (Wildman–Crippen LogP) is 2.59. The van der Waals surface area contributed by atoms with E-state index < -0.39 is 5.60 Å². The SMILES string of the molecule is CC(C)(C)OC(=O)NCC1CCN(c2ncnc3nc[nH]c23)CC1.[HH].[HH]. The summed E-state index contributed by atoms with van der Waals surface area (Å²) in [6.45, 7) is 8.03. The van der Waals surface area contributed by atoms with Crippen molar-refractivity contribution in [2.24, 2.45) is 5.92 Å². The maximum absolute atomic E-state index is 11.7. The molecule has 0 saturated carbocycles. The summed E-state index contributed by atoms with van der Waals surface area (Å²) in [5.74, 6) is 1.35. The number of amides is 1. The zero-order valence-corrected chi connectivity index (χ0v) is 14.4. The molecule has 24 heavy (non-hydrogen) atoms. The van der Waals surface area contributed by atoms with E-state index in [2.05, 4.69) is 30.2 Å². The average Bonchev–Trinajstić information content (AvgIpc) is 3.00. The Morgan fingerprint density at radius 2 is 2.12 bits per heavy atom. The smallest absolute Gasteiger partial charge is 0.407 e. The summed E-state index contributed by atoms with van der Waals surface area (Å²) in [6.07, 6.45) is 4.83. The molecule has 3 rings (SSSR count). The summed E-state index contributed by atoms with van der Waals surface area (Å²) in [5, 5.41) is 2.87. The van der Waals surface area contributed by atoms with Crippen LogP contribution < -0.4 is 10.2 Å². The van der Waals surface area contributed by atoms with Crippen LogP contribution in [0.3, 0.4) is 0 Å². The molecule has 0 atom stereocenters. The third-order valence-corrected chi connectivity index (χ3v) is 4.05. The molecule has 3 heterocycles. The third kappa shape index (κ3) is 3.93. The summed E-state index contributed by atoms with van der Waals surface area (Å²) in [6, 6.07) is 0. The minimum Gasteiger partial charge on any atom is -0.444 e. The number of piperidine rings is 1.